The first kappa shape index (κ1) is 16.1. The first-order chi connectivity index (χ1) is 11.4. The number of nitrogens with zero attached hydrogens (tertiary/aromatic N) is 2. The lowest BCUT2D eigenvalue weighted by atomic mass is 10.00. The van der Waals surface area contributed by atoms with Crippen LogP contribution < -0.4 is 11.3 Å². The smallest absolute Gasteiger partial charge is 0.310 e. The number of hydrazine groups is 1. The van der Waals surface area contributed by atoms with Crippen molar-refractivity contribution in [3.05, 3.63) is 53.3 Å². The molecule has 0 amide bonds. The van der Waals surface area contributed by atoms with Crippen molar-refractivity contribution >= 4 is 17.7 Å². The average Bonchev–Trinajstić information content (AvgIpc) is 2.75. The summed E-state index contributed by atoms with van der Waals surface area (Å²) >= 11 is 0. The number of hydrogen-bond acceptors (Lipinski definition) is 4. The van der Waals surface area contributed by atoms with Gasteiger partial charge in [0.25, 0.3) is 0 Å². The van der Waals surface area contributed by atoms with Gasteiger partial charge in [-0.3, -0.25) is 4.99 Å². The van der Waals surface area contributed by atoms with Crippen LogP contribution in [0.15, 0.2) is 46.4 Å². The summed E-state index contributed by atoms with van der Waals surface area (Å²) in [6.45, 7) is 0.273. The number of alkyl halides is 3. The molecule has 0 saturated heterocycles. The van der Waals surface area contributed by atoms with Crippen molar-refractivity contribution in [1.29, 1.82) is 0 Å². The quantitative estimate of drug-likeness (QED) is 0.476. The van der Waals surface area contributed by atoms with Crippen LogP contribution in [0.25, 0.3) is 11.1 Å². The lowest BCUT2D eigenvalue weighted by molar-refractivity contribution is -0.137. The van der Waals surface area contributed by atoms with Crippen molar-refractivity contribution in [2.45, 2.75) is 6.18 Å². The van der Waals surface area contributed by atoms with E-state index < -0.39 is 17.6 Å². The van der Waals surface area contributed by atoms with Crippen LogP contribution in [0.4, 0.5) is 23.2 Å². The lowest BCUT2D eigenvalue weighted by Crippen LogP contribution is -2.31. The topological polar surface area (TPSA) is 62.8 Å². The molecule has 124 valence electrons. The maximum Gasteiger partial charge on any atom is 0.416 e. The monoisotopic (exact) mass is 336 g/mol. The minimum atomic E-state index is -4.58. The highest BCUT2D eigenvalue weighted by Crippen LogP contribution is 2.34. The minimum Gasteiger partial charge on any atom is -0.310 e. The molecule has 0 saturated carbocycles. The number of hydrogen-bond donors (Lipinski definition) is 2. The van der Waals surface area contributed by atoms with E-state index in [4.69, 9.17) is 5.84 Å². The van der Waals surface area contributed by atoms with Crippen molar-refractivity contribution in [2.75, 3.05) is 6.54 Å². The Labute approximate surface area is 134 Å². The van der Waals surface area contributed by atoms with Crippen molar-refractivity contribution in [2.24, 2.45) is 15.8 Å². The Morgan fingerprint density at radius 3 is 2.54 bits per heavy atom. The molecule has 1 heterocycles. The third-order valence-electron chi connectivity index (χ3n) is 3.53. The summed E-state index contributed by atoms with van der Waals surface area (Å²) in [4.78, 5) is 8.40. The fraction of sp³-hybridized carbons (Fsp3) is 0.125. The molecule has 24 heavy (non-hydrogen) atoms. The van der Waals surface area contributed by atoms with Crippen LogP contribution in [-0.4, -0.2) is 18.6 Å². The summed E-state index contributed by atoms with van der Waals surface area (Å²) in [5.74, 6) is 4.85. The van der Waals surface area contributed by atoms with Crippen LogP contribution in [0.5, 0.6) is 0 Å². The molecule has 2 aromatic carbocycles. The van der Waals surface area contributed by atoms with Gasteiger partial charge in [0.2, 0.25) is 0 Å². The third-order valence-corrected chi connectivity index (χ3v) is 3.53. The molecule has 0 radical (unpaired) electrons. The molecule has 1 aliphatic rings. The number of halogens is 4. The highest BCUT2D eigenvalue weighted by Gasteiger charge is 2.31. The lowest BCUT2D eigenvalue weighted by Gasteiger charge is -2.10. The van der Waals surface area contributed by atoms with Gasteiger partial charge < -0.3 is 5.43 Å². The Balaban J connectivity index is 2.03. The zero-order chi connectivity index (χ0) is 17.3. The van der Waals surface area contributed by atoms with E-state index >= 15 is 0 Å². The molecule has 0 unspecified atom stereocenters. The molecule has 4 nitrogen and oxygen atoms in total. The molecule has 3 rings (SSSR count). The van der Waals surface area contributed by atoms with Gasteiger partial charge in [0.15, 0.2) is 0 Å². The molecule has 0 fully saturated rings. The van der Waals surface area contributed by atoms with E-state index in [9.17, 15) is 17.6 Å². The first-order valence-electron chi connectivity index (χ1n) is 6.93. The van der Waals surface area contributed by atoms with Gasteiger partial charge in [-0.2, -0.15) is 13.2 Å². The second-order valence-corrected chi connectivity index (χ2v) is 5.14. The van der Waals surface area contributed by atoms with E-state index in [-0.39, 0.29) is 12.1 Å². The third kappa shape index (κ3) is 3.13. The molecule has 1 aliphatic heterocycles. The number of rotatable bonds is 1. The Morgan fingerprint density at radius 1 is 1.08 bits per heavy atom. The molecule has 0 bridgehead atoms. The van der Waals surface area contributed by atoms with Gasteiger partial charge in [0, 0.05) is 17.3 Å². The van der Waals surface area contributed by atoms with Crippen molar-refractivity contribution < 1.29 is 17.6 Å². The predicted octanol–water partition coefficient (Wildman–Crippen LogP) is 3.44. The highest BCUT2D eigenvalue weighted by molar-refractivity contribution is 5.97. The average molecular weight is 336 g/mol. The highest BCUT2D eigenvalue weighted by atomic mass is 19.4. The summed E-state index contributed by atoms with van der Waals surface area (Å²) in [6, 6.07) is 7.30. The fourth-order valence-electron chi connectivity index (χ4n) is 2.34. The molecule has 0 aliphatic carbocycles. The van der Waals surface area contributed by atoms with Crippen LogP contribution in [0.1, 0.15) is 11.1 Å². The number of fused-ring (bicyclic) bond motifs is 1. The van der Waals surface area contributed by atoms with Crippen molar-refractivity contribution in [1.82, 2.24) is 5.43 Å². The Kier molecular flexibility index (Phi) is 4.06. The van der Waals surface area contributed by atoms with Crippen molar-refractivity contribution in [3.8, 4) is 11.1 Å². The second kappa shape index (κ2) is 6.04. The summed E-state index contributed by atoms with van der Waals surface area (Å²) in [5.41, 5.74) is 3.12. The minimum absolute atomic E-state index is 0.0737. The molecule has 0 spiro atoms. The number of nitrogens with one attached hydrogen (secondary N) is 1. The second-order valence-electron chi connectivity index (χ2n) is 5.14. The molecule has 3 N–H and O–H groups in total. The van der Waals surface area contributed by atoms with E-state index in [0.29, 0.717) is 28.7 Å². The molecule has 0 atom stereocenters. The van der Waals surface area contributed by atoms with Crippen LogP contribution >= 0.6 is 0 Å². The van der Waals surface area contributed by atoms with E-state index in [1.54, 1.807) is 24.4 Å². The van der Waals surface area contributed by atoms with Gasteiger partial charge in [0.05, 0.1) is 17.8 Å². The number of benzene rings is 2. The van der Waals surface area contributed by atoms with Crippen LogP contribution in [0, 0.1) is 5.82 Å². The van der Waals surface area contributed by atoms with E-state index in [2.05, 4.69) is 15.4 Å². The summed E-state index contributed by atoms with van der Waals surface area (Å²) in [6.07, 6.45) is -3.02. The summed E-state index contributed by atoms with van der Waals surface area (Å²) < 4.78 is 52.0. The molecule has 2 aromatic rings. The van der Waals surface area contributed by atoms with Gasteiger partial charge in [-0.05, 0) is 29.8 Å². The predicted molar refractivity (Wildman–Crippen MR) is 83.7 cm³/mol. The summed E-state index contributed by atoms with van der Waals surface area (Å²) in [7, 11) is 0. The van der Waals surface area contributed by atoms with Crippen LogP contribution in [0.2, 0.25) is 0 Å². The standard InChI is InChI=1S/C16H12F4N4/c17-13-6-11(16(18,19)20)2-3-12(13)9-1-4-14-10(5-9)7-22-8-15(23-14)24-21/h1-7H,8,21H2,(H,23,24). The zero-order valence-electron chi connectivity index (χ0n) is 12.2. The number of aliphatic imine (C=N–C) groups is 2. The number of nitrogens with two attached hydrogens (primary N) is 1. The molecular weight excluding hydrogens is 324 g/mol. The maximum absolute atomic E-state index is 14.1. The summed E-state index contributed by atoms with van der Waals surface area (Å²) in [5, 5.41) is 0. The van der Waals surface area contributed by atoms with Crippen LogP contribution in [-0.2, 0) is 6.18 Å². The molecular formula is C16H12F4N4. The zero-order valence-corrected chi connectivity index (χ0v) is 12.2. The van der Waals surface area contributed by atoms with Crippen LogP contribution in [0.3, 0.4) is 0 Å². The number of amidine groups is 1. The van der Waals surface area contributed by atoms with Gasteiger partial charge in [-0.25, -0.2) is 15.2 Å². The van der Waals surface area contributed by atoms with E-state index in [0.717, 1.165) is 12.1 Å². The Bertz CT molecular complexity index is 840. The van der Waals surface area contributed by atoms with Gasteiger partial charge in [-0.15, -0.1) is 0 Å². The SMILES string of the molecule is NNC1=Nc2ccc(-c3ccc(C(F)(F)F)cc3F)cc2C=NC1. The van der Waals surface area contributed by atoms with Gasteiger partial charge in [0.1, 0.15) is 11.7 Å². The van der Waals surface area contributed by atoms with Gasteiger partial charge >= 0.3 is 6.18 Å². The van der Waals surface area contributed by atoms with Crippen molar-refractivity contribution in [3.63, 3.8) is 0 Å². The molecule has 8 heteroatoms. The van der Waals surface area contributed by atoms with E-state index in [1.165, 1.54) is 0 Å². The maximum atomic E-state index is 14.1. The normalized spacial score (nSPS) is 14.0. The molecule has 0 aromatic heterocycles. The largest absolute Gasteiger partial charge is 0.416 e. The Morgan fingerprint density at radius 2 is 1.88 bits per heavy atom. The fourth-order valence-corrected chi connectivity index (χ4v) is 2.34. The van der Waals surface area contributed by atoms with Gasteiger partial charge in [-0.1, -0.05) is 12.1 Å². The first-order valence-corrected chi connectivity index (χ1v) is 6.93. The Hall–Kier alpha value is -2.74. The van der Waals surface area contributed by atoms with E-state index in [1.807, 2.05) is 0 Å².